The van der Waals surface area contributed by atoms with Crippen LogP contribution in [0.25, 0.3) is 0 Å². The second-order valence-electron chi connectivity index (χ2n) is 6.74. The lowest BCUT2D eigenvalue weighted by Crippen LogP contribution is -2.44. The maximum Gasteiger partial charge on any atom is 0.488 e. The number of aromatic nitrogens is 1. The molecule has 1 fully saturated rings. The number of carbonyl (C=O) groups is 1. The van der Waals surface area contributed by atoms with Crippen molar-refractivity contribution >= 4 is 24.3 Å². The maximum absolute atomic E-state index is 12.9. The lowest BCUT2D eigenvalue weighted by atomic mass is 9.80. The summed E-state index contributed by atoms with van der Waals surface area (Å²) in [6, 6.07) is 6.46. The van der Waals surface area contributed by atoms with E-state index in [-0.39, 0.29) is 31.2 Å². The van der Waals surface area contributed by atoms with Crippen LogP contribution in [0.15, 0.2) is 36.5 Å². The molecule has 2 aromatic rings. The van der Waals surface area contributed by atoms with Crippen molar-refractivity contribution in [2.75, 3.05) is 18.9 Å². The standard InChI is InChI=1S/C18H19BF3N3O5/c20-18(21,22)11-5-13(16(23)24-6-11)17(26)25-14-8-29-9-15(14)30-7-10-1-3-12(4-2-10)19(27)28/h1-6,14-15,27-28H,7-9H2,(H2,23,24)(H,25,26)/t14-,15-/m0/s1. The molecule has 2 atom stereocenters. The van der Waals surface area contributed by atoms with Crippen LogP contribution in [-0.2, 0) is 22.3 Å². The van der Waals surface area contributed by atoms with E-state index < -0.39 is 36.9 Å². The van der Waals surface area contributed by atoms with Gasteiger partial charge in [-0.2, -0.15) is 13.2 Å². The fraction of sp³-hybridized carbons (Fsp3) is 0.333. The summed E-state index contributed by atoms with van der Waals surface area (Å²) < 4.78 is 49.7. The van der Waals surface area contributed by atoms with E-state index in [1.165, 1.54) is 12.1 Å². The van der Waals surface area contributed by atoms with Crippen LogP contribution in [0.3, 0.4) is 0 Å². The molecule has 3 rings (SSSR count). The zero-order valence-electron chi connectivity index (χ0n) is 15.6. The van der Waals surface area contributed by atoms with E-state index >= 15 is 0 Å². The van der Waals surface area contributed by atoms with Gasteiger partial charge in [0.25, 0.3) is 5.91 Å². The third kappa shape index (κ3) is 5.27. The lowest BCUT2D eigenvalue weighted by molar-refractivity contribution is -0.137. The summed E-state index contributed by atoms with van der Waals surface area (Å²) in [6.07, 6.45) is -4.62. The van der Waals surface area contributed by atoms with Crippen LogP contribution in [0.5, 0.6) is 0 Å². The number of nitrogen functional groups attached to an aromatic ring is 1. The molecular weight excluding hydrogens is 406 g/mol. The molecule has 0 unspecified atom stereocenters. The summed E-state index contributed by atoms with van der Waals surface area (Å²) in [5.41, 5.74) is 5.20. The van der Waals surface area contributed by atoms with Crippen LogP contribution >= 0.6 is 0 Å². The van der Waals surface area contributed by atoms with E-state index in [0.29, 0.717) is 17.7 Å². The maximum atomic E-state index is 12.9. The fourth-order valence-electron chi connectivity index (χ4n) is 2.88. The summed E-state index contributed by atoms with van der Waals surface area (Å²) in [5, 5.41) is 20.8. The SMILES string of the molecule is Nc1ncc(C(F)(F)F)cc1C(=O)N[C@H]1COC[C@@H]1OCc1ccc(B(O)O)cc1. The fourth-order valence-corrected chi connectivity index (χ4v) is 2.88. The molecule has 8 nitrogen and oxygen atoms in total. The zero-order chi connectivity index (χ0) is 21.9. The molecule has 1 saturated heterocycles. The Bertz CT molecular complexity index is 896. The molecule has 2 heterocycles. The number of carbonyl (C=O) groups excluding carboxylic acids is 1. The minimum absolute atomic E-state index is 0.123. The van der Waals surface area contributed by atoms with Crippen molar-refractivity contribution in [1.29, 1.82) is 0 Å². The Balaban J connectivity index is 1.63. The molecule has 1 aliphatic heterocycles. The van der Waals surface area contributed by atoms with Gasteiger partial charge in [-0.15, -0.1) is 0 Å². The van der Waals surface area contributed by atoms with Gasteiger partial charge in [0.2, 0.25) is 0 Å². The first kappa shape index (κ1) is 22.0. The second kappa shape index (κ2) is 9.00. The van der Waals surface area contributed by atoms with Gasteiger partial charge in [0.05, 0.1) is 37.0 Å². The summed E-state index contributed by atoms with van der Waals surface area (Å²) in [6.45, 7) is 0.475. The third-order valence-electron chi connectivity index (χ3n) is 4.58. The van der Waals surface area contributed by atoms with Gasteiger partial charge < -0.3 is 30.6 Å². The molecule has 1 aromatic carbocycles. The number of rotatable bonds is 6. The molecule has 1 aliphatic rings. The van der Waals surface area contributed by atoms with Crippen LogP contribution in [0.2, 0.25) is 0 Å². The predicted octanol–water partition coefficient (Wildman–Crippen LogP) is 0.0764. The molecule has 0 aliphatic carbocycles. The smallest absolute Gasteiger partial charge is 0.423 e. The number of hydrogen-bond acceptors (Lipinski definition) is 7. The Hall–Kier alpha value is -2.67. The number of hydrogen-bond donors (Lipinski definition) is 4. The number of anilines is 1. The highest BCUT2D eigenvalue weighted by Gasteiger charge is 2.34. The van der Waals surface area contributed by atoms with E-state index in [0.717, 1.165) is 5.56 Å². The highest BCUT2D eigenvalue weighted by atomic mass is 19.4. The molecule has 0 radical (unpaired) electrons. The van der Waals surface area contributed by atoms with Crippen LogP contribution in [0.1, 0.15) is 21.5 Å². The summed E-state index contributed by atoms with van der Waals surface area (Å²) in [4.78, 5) is 15.9. The average molecular weight is 425 g/mol. The Morgan fingerprint density at radius 2 is 2.00 bits per heavy atom. The second-order valence-corrected chi connectivity index (χ2v) is 6.74. The molecule has 1 aromatic heterocycles. The summed E-state index contributed by atoms with van der Waals surface area (Å²) in [7, 11) is -1.57. The first-order valence-electron chi connectivity index (χ1n) is 8.93. The van der Waals surface area contributed by atoms with E-state index in [9.17, 15) is 18.0 Å². The molecule has 12 heteroatoms. The van der Waals surface area contributed by atoms with Crippen LogP contribution in [-0.4, -0.2) is 53.4 Å². The van der Waals surface area contributed by atoms with E-state index in [2.05, 4.69) is 10.3 Å². The number of halogens is 3. The van der Waals surface area contributed by atoms with Crippen molar-refractivity contribution in [2.45, 2.75) is 24.9 Å². The molecule has 0 saturated carbocycles. The largest absolute Gasteiger partial charge is 0.488 e. The number of nitrogens with zero attached hydrogens (tertiary/aromatic N) is 1. The van der Waals surface area contributed by atoms with Gasteiger partial charge in [0.15, 0.2) is 0 Å². The van der Waals surface area contributed by atoms with Gasteiger partial charge >= 0.3 is 13.3 Å². The van der Waals surface area contributed by atoms with Crippen LogP contribution < -0.4 is 16.5 Å². The lowest BCUT2D eigenvalue weighted by Gasteiger charge is -2.20. The quantitative estimate of drug-likeness (QED) is 0.483. The van der Waals surface area contributed by atoms with Crippen LogP contribution in [0.4, 0.5) is 19.0 Å². The Morgan fingerprint density at radius 3 is 2.63 bits per heavy atom. The van der Waals surface area contributed by atoms with E-state index in [1.54, 1.807) is 12.1 Å². The molecule has 1 amide bonds. The predicted molar refractivity (Wildman–Crippen MR) is 101 cm³/mol. The molecule has 0 bridgehead atoms. The highest BCUT2D eigenvalue weighted by Crippen LogP contribution is 2.30. The van der Waals surface area contributed by atoms with Crippen molar-refractivity contribution < 1.29 is 37.5 Å². The molecule has 160 valence electrons. The zero-order valence-corrected chi connectivity index (χ0v) is 15.6. The van der Waals surface area contributed by atoms with Crippen molar-refractivity contribution in [3.63, 3.8) is 0 Å². The van der Waals surface area contributed by atoms with Crippen molar-refractivity contribution in [3.05, 3.63) is 53.2 Å². The third-order valence-corrected chi connectivity index (χ3v) is 4.58. The monoisotopic (exact) mass is 425 g/mol. The summed E-state index contributed by atoms with van der Waals surface area (Å²) >= 11 is 0. The number of nitrogens with one attached hydrogen (secondary N) is 1. The number of alkyl halides is 3. The first-order valence-corrected chi connectivity index (χ1v) is 8.93. The Kier molecular flexibility index (Phi) is 6.61. The molecule has 5 N–H and O–H groups in total. The van der Waals surface area contributed by atoms with E-state index in [4.69, 9.17) is 25.3 Å². The van der Waals surface area contributed by atoms with Gasteiger partial charge in [0, 0.05) is 6.20 Å². The minimum atomic E-state index is -4.65. The number of ether oxygens (including phenoxy) is 2. The van der Waals surface area contributed by atoms with Gasteiger partial charge in [0.1, 0.15) is 11.9 Å². The van der Waals surface area contributed by atoms with Crippen molar-refractivity contribution in [3.8, 4) is 0 Å². The number of pyridine rings is 1. The summed E-state index contributed by atoms with van der Waals surface area (Å²) in [5.74, 6) is -1.13. The highest BCUT2D eigenvalue weighted by molar-refractivity contribution is 6.58. The van der Waals surface area contributed by atoms with Gasteiger partial charge in [-0.1, -0.05) is 24.3 Å². The Labute approximate surface area is 170 Å². The molecular formula is C18H19BF3N3O5. The Morgan fingerprint density at radius 1 is 1.30 bits per heavy atom. The minimum Gasteiger partial charge on any atom is -0.423 e. The van der Waals surface area contributed by atoms with Crippen LogP contribution in [0, 0.1) is 0 Å². The van der Waals surface area contributed by atoms with Gasteiger partial charge in [-0.25, -0.2) is 4.98 Å². The number of benzene rings is 1. The topological polar surface area (TPSA) is 127 Å². The van der Waals surface area contributed by atoms with E-state index in [1.807, 2.05) is 0 Å². The number of nitrogens with two attached hydrogens (primary N) is 1. The van der Waals surface area contributed by atoms with Crippen molar-refractivity contribution in [2.24, 2.45) is 0 Å². The number of amides is 1. The molecule has 30 heavy (non-hydrogen) atoms. The van der Waals surface area contributed by atoms with Gasteiger partial charge in [-0.05, 0) is 17.1 Å². The normalized spacial score (nSPS) is 19.0. The average Bonchev–Trinajstić information content (AvgIpc) is 3.13. The first-order chi connectivity index (χ1) is 14.1. The van der Waals surface area contributed by atoms with Crippen molar-refractivity contribution in [1.82, 2.24) is 10.3 Å². The van der Waals surface area contributed by atoms with Gasteiger partial charge in [-0.3, -0.25) is 4.79 Å². The molecule has 0 spiro atoms.